The molecule has 1 aliphatic heterocycles. The molecule has 1 saturated heterocycles. The number of benzene rings is 2. The maximum absolute atomic E-state index is 13.7. The topological polar surface area (TPSA) is 55.6 Å². The molecule has 0 saturated carbocycles. The largest absolute Gasteiger partial charge is 0.489 e. The summed E-state index contributed by atoms with van der Waals surface area (Å²) >= 11 is 4.45. The Balaban J connectivity index is 1.56. The molecule has 4 nitrogen and oxygen atoms in total. The molecular formula is C19H20BrFN2O2S. The summed E-state index contributed by atoms with van der Waals surface area (Å²) < 4.78 is 20.5. The normalized spacial score (nSPS) is 20.2. The van der Waals surface area contributed by atoms with E-state index in [0.29, 0.717) is 26.1 Å². The molecule has 26 heavy (non-hydrogen) atoms. The third-order valence-electron chi connectivity index (χ3n) is 4.15. The molecule has 0 radical (unpaired) electrons. The highest BCUT2D eigenvalue weighted by Gasteiger charge is 2.33. The Morgan fingerprint density at radius 3 is 2.73 bits per heavy atom. The highest BCUT2D eigenvalue weighted by Crippen LogP contribution is 2.30. The summed E-state index contributed by atoms with van der Waals surface area (Å²) in [6, 6.07) is 15.7. The molecule has 3 rings (SSSR count). The van der Waals surface area contributed by atoms with Gasteiger partial charge in [0.15, 0.2) is 0 Å². The lowest BCUT2D eigenvalue weighted by atomic mass is 10.2. The van der Waals surface area contributed by atoms with Crippen LogP contribution in [0.15, 0.2) is 53.0 Å². The van der Waals surface area contributed by atoms with Crippen molar-refractivity contribution in [2.45, 2.75) is 31.1 Å². The first-order valence-electron chi connectivity index (χ1n) is 8.30. The zero-order chi connectivity index (χ0) is 18.5. The number of nitrogens with zero attached hydrogens (tertiary/aromatic N) is 1. The van der Waals surface area contributed by atoms with Crippen molar-refractivity contribution >= 4 is 32.9 Å². The number of halogens is 2. The van der Waals surface area contributed by atoms with E-state index in [2.05, 4.69) is 15.9 Å². The van der Waals surface area contributed by atoms with Gasteiger partial charge in [0, 0.05) is 24.0 Å². The van der Waals surface area contributed by atoms with Gasteiger partial charge in [0.25, 0.3) is 5.24 Å². The number of hydrogen-bond acceptors (Lipinski definition) is 4. The Bertz CT molecular complexity index is 759. The second-order valence-electron chi connectivity index (χ2n) is 6.22. The van der Waals surface area contributed by atoms with Gasteiger partial charge in [-0.05, 0) is 47.2 Å². The lowest BCUT2D eigenvalue weighted by Crippen LogP contribution is -2.28. The third-order valence-corrected chi connectivity index (χ3v) is 5.64. The molecule has 2 aromatic carbocycles. The van der Waals surface area contributed by atoms with Crippen molar-refractivity contribution in [1.82, 2.24) is 4.90 Å². The average Bonchev–Trinajstić information content (AvgIpc) is 2.92. The van der Waals surface area contributed by atoms with Crippen molar-refractivity contribution < 1.29 is 13.9 Å². The van der Waals surface area contributed by atoms with Crippen LogP contribution in [0.25, 0.3) is 0 Å². The molecule has 1 heterocycles. The van der Waals surface area contributed by atoms with Gasteiger partial charge in [-0.3, -0.25) is 9.69 Å². The van der Waals surface area contributed by atoms with Gasteiger partial charge in [-0.15, -0.1) is 0 Å². The summed E-state index contributed by atoms with van der Waals surface area (Å²) in [5.41, 5.74) is 7.37. The zero-order valence-corrected chi connectivity index (χ0v) is 16.5. The SMILES string of the molecule is NC(=O)SC1C[C@H](F)CN1Cc1ccc(OCc2cccc(Br)c2)cc1. The number of rotatable bonds is 6. The fraction of sp³-hybridized carbons (Fsp3) is 0.316. The molecule has 1 amide bonds. The van der Waals surface area contributed by atoms with Crippen molar-refractivity contribution in [3.8, 4) is 5.75 Å². The van der Waals surface area contributed by atoms with E-state index in [1.807, 2.05) is 53.4 Å². The Labute approximate surface area is 165 Å². The quantitative estimate of drug-likeness (QED) is 0.709. The van der Waals surface area contributed by atoms with Gasteiger partial charge >= 0.3 is 0 Å². The van der Waals surface area contributed by atoms with E-state index in [9.17, 15) is 9.18 Å². The summed E-state index contributed by atoms with van der Waals surface area (Å²) in [6.45, 7) is 1.40. The van der Waals surface area contributed by atoms with E-state index in [-0.39, 0.29) is 5.37 Å². The van der Waals surface area contributed by atoms with Gasteiger partial charge < -0.3 is 10.5 Å². The van der Waals surface area contributed by atoms with Crippen molar-refractivity contribution in [3.05, 3.63) is 64.1 Å². The summed E-state index contributed by atoms with van der Waals surface area (Å²) in [6.07, 6.45) is -0.582. The van der Waals surface area contributed by atoms with E-state index in [0.717, 1.165) is 33.1 Å². The fourth-order valence-electron chi connectivity index (χ4n) is 2.96. The third kappa shape index (κ3) is 5.46. The van der Waals surface area contributed by atoms with Crippen molar-refractivity contribution in [3.63, 3.8) is 0 Å². The van der Waals surface area contributed by atoms with Gasteiger partial charge in [0.1, 0.15) is 18.5 Å². The molecular weight excluding hydrogens is 419 g/mol. The Morgan fingerprint density at radius 2 is 2.04 bits per heavy atom. The number of amides is 1. The van der Waals surface area contributed by atoms with E-state index in [1.54, 1.807) is 0 Å². The second-order valence-corrected chi connectivity index (χ2v) is 8.31. The van der Waals surface area contributed by atoms with Crippen LogP contribution in [0, 0.1) is 0 Å². The van der Waals surface area contributed by atoms with E-state index in [1.165, 1.54) is 0 Å². The number of primary amides is 1. The van der Waals surface area contributed by atoms with Crippen LogP contribution < -0.4 is 10.5 Å². The molecule has 1 fully saturated rings. The predicted molar refractivity (Wildman–Crippen MR) is 106 cm³/mol. The Hall–Kier alpha value is -1.57. The predicted octanol–water partition coefficient (Wildman–Crippen LogP) is 4.71. The number of carbonyl (C=O) groups excluding carboxylic acids is 1. The van der Waals surface area contributed by atoms with E-state index in [4.69, 9.17) is 10.5 Å². The van der Waals surface area contributed by atoms with Crippen LogP contribution >= 0.6 is 27.7 Å². The molecule has 0 spiro atoms. The molecule has 2 atom stereocenters. The molecule has 2 N–H and O–H groups in total. The summed E-state index contributed by atoms with van der Waals surface area (Å²) in [7, 11) is 0. The van der Waals surface area contributed by atoms with Gasteiger partial charge in [-0.2, -0.15) is 0 Å². The van der Waals surface area contributed by atoms with Crippen LogP contribution in [-0.4, -0.2) is 28.2 Å². The number of thioether (sulfide) groups is 1. The van der Waals surface area contributed by atoms with Crippen LogP contribution in [0.3, 0.4) is 0 Å². The first-order chi connectivity index (χ1) is 12.5. The zero-order valence-electron chi connectivity index (χ0n) is 14.1. The average molecular weight is 439 g/mol. The maximum atomic E-state index is 13.7. The Morgan fingerprint density at radius 1 is 1.27 bits per heavy atom. The minimum absolute atomic E-state index is 0.199. The lowest BCUT2D eigenvalue weighted by Gasteiger charge is -2.22. The van der Waals surface area contributed by atoms with Gasteiger partial charge in [0.05, 0.1) is 5.37 Å². The molecule has 138 valence electrons. The highest BCUT2D eigenvalue weighted by molar-refractivity contribution is 9.10. The van der Waals surface area contributed by atoms with Crippen molar-refractivity contribution in [2.75, 3.05) is 6.54 Å². The minimum atomic E-state index is -0.917. The van der Waals surface area contributed by atoms with Crippen molar-refractivity contribution in [1.29, 1.82) is 0 Å². The van der Waals surface area contributed by atoms with E-state index >= 15 is 0 Å². The van der Waals surface area contributed by atoms with Crippen LogP contribution in [0.4, 0.5) is 9.18 Å². The minimum Gasteiger partial charge on any atom is -0.489 e. The number of ether oxygens (including phenoxy) is 1. The molecule has 0 aromatic heterocycles. The fourth-order valence-corrected chi connectivity index (χ4v) is 4.29. The number of carbonyl (C=O) groups is 1. The van der Waals surface area contributed by atoms with Crippen LogP contribution in [0.2, 0.25) is 0 Å². The number of alkyl halides is 1. The van der Waals surface area contributed by atoms with Crippen LogP contribution in [0.5, 0.6) is 5.75 Å². The van der Waals surface area contributed by atoms with Crippen LogP contribution in [0.1, 0.15) is 17.5 Å². The van der Waals surface area contributed by atoms with E-state index < -0.39 is 11.4 Å². The molecule has 1 unspecified atom stereocenters. The highest BCUT2D eigenvalue weighted by atomic mass is 79.9. The maximum Gasteiger partial charge on any atom is 0.278 e. The molecule has 0 aliphatic carbocycles. The number of likely N-dealkylation sites (tertiary alicyclic amines) is 1. The second kappa shape index (κ2) is 8.88. The Kier molecular flexibility index (Phi) is 6.56. The number of hydrogen-bond donors (Lipinski definition) is 1. The standard InChI is InChI=1S/C19H20BrFN2O2S/c20-15-3-1-2-14(8-15)12-25-17-6-4-13(5-7-17)10-23-11-16(21)9-18(23)26-19(22)24/h1-8,16,18H,9-12H2,(H2,22,24)/t16-,18?/m0/s1. The monoisotopic (exact) mass is 438 g/mol. The summed E-state index contributed by atoms with van der Waals surface area (Å²) in [4.78, 5) is 13.1. The van der Waals surface area contributed by atoms with Crippen molar-refractivity contribution in [2.24, 2.45) is 5.73 Å². The number of nitrogens with two attached hydrogens (primary N) is 1. The van der Waals surface area contributed by atoms with Gasteiger partial charge in [0.2, 0.25) is 0 Å². The first kappa shape index (κ1) is 19.2. The van der Waals surface area contributed by atoms with Gasteiger partial charge in [-0.25, -0.2) is 4.39 Å². The molecule has 2 aromatic rings. The smallest absolute Gasteiger partial charge is 0.278 e. The molecule has 0 bridgehead atoms. The lowest BCUT2D eigenvalue weighted by molar-refractivity contribution is 0.263. The summed E-state index contributed by atoms with van der Waals surface area (Å²) in [5.74, 6) is 0.779. The van der Waals surface area contributed by atoms with Gasteiger partial charge in [-0.1, -0.05) is 40.2 Å². The van der Waals surface area contributed by atoms with Crippen LogP contribution in [-0.2, 0) is 13.2 Å². The molecule has 7 heteroatoms. The molecule has 1 aliphatic rings. The first-order valence-corrected chi connectivity index (χ1v) is 9.97. The summed E-state index contributed by atoms with van der Waals surface area (Å²) in [5, 5.41) is -0.666.